The van der Waals surface area contributed by atoms with Crippen molar-refractivity contribution in [2.75, 3.05) is 13.6 Å². The van der Waals surface area contributed by atoms with E-state index >= 15 is 0 Å². The molecule has 0 saturated carbocycles. The highest BCUT2D eigenvalue weighted by atomic mass is 35.5. The van der Waals surface area contributed by atoms with Crippen LogP contribution in [-0.4, -0.2) is 40.5 Å². The van der Waals surface area contributed by atoms with E-state index < -0.39 is 18.4 Å². The van der Waals surface area contributed by atoms with Crippen molar-refractivity contribution >= 4 is 46.7 Å². The Labute approximate surface area is 112 Å². The van der Waals surface area contributed by atoms with Gasteiger partial charge in [-0.05, 0) is 0 Å². The van der Waals surface area contributed by atoms with E-state index in [1.165, 1.54) is 13.2 Å². The lowest BCUT2D eigenvalue weighted by atomic mass is 10.3. The van der Waals surface area contributed by atoms with Crippen LogP contribution in [0.3, 0.4) is 0 Å². The molecule has 0 spiro atoms. The van der Waals surface area contributed by atoms with Gasteiger partial charge < -0.3 is 10.0 Å². The summed E-state index contributed by atoms with van der Waals surface area (Å²) < 4.78 is 0. The van der Waals surface area contributed by atoms with Crippen molar-refractivity contribution in [3.8, 4) is 0 Å². The van der Waals surface area contributed by atoms with Gasteiger partial charge in [0.15, 0.2) is 0 Å². The lowest BCUT2D eigenvalue weighted by Crippen LogP contribution is -2.32. The third kappa shape index (κ3) is 3.21. The van der Waals surface area contributed by atoms with E-state index in [0.717, 1.165) is 4.90 Å². The van der Waals surface area contributed by atoms with Gasteiger partial charge in [-0.1, -0.05) is 34.8 Å². The number of halogens is 3. The van der Waals surface area contributed by atoms with Gasteiger partial charge in [0.05, 0.1) is 15.1 Å². The highest BCUT2D eigenvalue weighted by molar-refractivity contribution is 6.48. The Morgan fingerprint density at radius 1 is 1.35 bits per heavy atom. The Morgan fingerprint density at radius 3 is 2.47 bits per heavy atom. The number of aliphatic carboxylic acids is 1. The van der Waals surface area contributed by atoms with Gasteiger partial charge in [-0.3, -0.25) is 9.59 Å². The third-order valence-corrected chi connectivity index (χ3v) is 3.08. The molecule has 17 heavy (non-hydrogen) atoms. The Morgan fingerprint density at radius 2 is 1.94 bits per heavy atom. The number of carboxylic acids is 1. The Bertz CT molecular complexity index is 479. The number of rotatable bonds is 3. The van der Waals surface area contributed by atoms with Crippen LogP contribution in [0.25, 0.3) is 0 Å². The molecule has 0 saturated heterocycles. The minimum Gasteiger partial charge on any atom is -0.480 e. The smallest absolute Gasteiger partial charge is 0.323 e. The van der Waals surface area contributed by atoms with E-state index in [1.807, 2.05) is 0 Å². The third-order valence-electron chi connectivity index (χ3n) is 1.84. The van der Waals surface area contributed by atoms with Crippen LogP contribution in [0.15, 0.2) is 6.20 Å². The number of carbonyl (C=O) groups excluding carboxylic acids is 1. The van der Waals surface area contributed by atoms with Crippen LogP contribution in [0.4, 0.5) is 0 Å². The Kier molecular flexibility index (Phi) is 4.56. The quantitative estimate of drug-likeness (QED) is 0.928. The van der Waals surface area contributed by atoms with E-state index in [1.54, 1.807) is 0 Å². The average Bonchev–Trinajstić information content (AvgIpc) is 2.24. The maximum absolute atomic E-state index is 11.8. The zero-order valence-corrected chi connectivity index (χ0v) is 10.8. The summed E-state index contributed by atoms with van der Waals surface area (Å²) in [6.45, 7) is -0.461. The van der Waals surface area contributed by atoms with Crippen molar-refractivity contribution < 1.29 is 14.7 Å². The first kappa shape index (κ1) is 14.0. The summed E-state index contributed by atoms with van der Waals surface area (Å²) in [6.07, 6.45) is 1.18. The number of aromatic nitrogens is 1. The van der Waals surface area contributed by atoms with Gasteiger partial charge in [-0.25, -0.2) is 4.98 Å². The largest absolute Gasteiger partial charge is 0.480 e. The molecule has 0 aliphatic carbocycles. The first-order valence-corrected chi connectivity index (χ1v) is 5.44. The van der Waals surface area contributed by atoms with Crippen molar-refractivity contribution in [2.24, 2.45) is 0 Å². The van der Waals surface area contributed by atoms with Crippen molar-refractivity contribution in [1.82, 2.24) is 9.88 Å². The SMILES string of the molecule is CN(CC(=O)O)C(=O)c1ncc(Cl)c(Cl)c1Cl. The fourth-order valence-electron chi connectivity index (χ4n) is 1.05. The number of amides is 1. The zero-order valence-electron chi connectivity index (χ0n) is 8.58. The van der Waals surface area contributed by atoms with Crippen molar-refractivity contribution in [3.05, 3.63) is 27.0 Å². The normalized spacial score (nSPS) is 10.1. The van der Waals surface area contributed by atoms with E-state index in [2.05, 4.69) is 4.98 Å². The molecule has 0 bridgehead atoms. The first-order valence-electron chi connectivity index (χ1n) is 4.31. The molecule has 8 heteroatoms. The molecule has 92 valence electrons. The summed E-state index contributed by atoms with van der Waals surface area (Å²) in [5, 5.41) is 8.59. The fraction of sp³-hybridized carbons (Fsp3) is 0.222. The van der Waals surface area contributed by atoms with Crippen LogP contribution >= 0.6 is 34.8 Å². The summed E-state index contributed by atoms with van der Waals surface area (Å²) in [5.74, 6) is -1.78. The monoisotopic (exact) mass is 296 g/mol. The number of hydrogen-bond donors (Lipinski definition) is 1. The molecule has 0 fully saturated rings. The lowest BCUT2D eigenvalue weighted by molar-refractivity contribution is -0.137. The minimum atomic E-state index is -1.14. The predicted octanol–water partition coefficient (Wildman–Crippen LogP) is 2.20. The van der Waals surface area contributed by atoms with Gasteiger partial charge in [-0.15, -0.1) is 0 Å². The molecule has 0 aliphatic rings. The van der Waals surface area contributed by atoms with E-state index in [-0.39, 0.29) is 20.8 Å². The summed E-state index contributed by atoms with van der Waals surface area (Å²) in [4.78, 5) is 26.9. The van der Waals surface area contributed by atoms with E-state index in [9.17, 15) is 9.59 Å². The van der Waals surface area contributed by atoms with Gasteiger partial charge in [0.2, 0.25) is 0 Å². The molecule has 0 atom stereocenters. The molecule has 1 aromatic rings. The molecule has 0 radical (unpaired) electrons. The van der Waals surface area contributed by atoms with Gasteiger partial charge in [0.25, 0.3) is 5.91 Å². The second-order valence-electron chi connectivity index (χ2n) is 3.14. The number of carbonyl (C=O) groups is 2. The Balaban J connectivity index is 3.05. The van der Waals surface area contributed by atoms with E-state index in [0.29, 0.717) is 0 Å². The number of pyridine rings is 1. The van der Waals surface area contributed by atoms with E-state index in [4.69, 9.17) is 39.9 Å². The zero-order chi connectivity index (χ0) is 13.2. The maximum Gasteiger partial charge on any atom is 0.323 e. The Hall–Kier alpha value is -1.04. The topological polar surface area (TPSA) is 70.5 Å². The molecular formula is C9H7Cl3N2O3. The number of nitrogens with zero attached hydrogens (tertiary/aromatic N) is 2. The molecule has 0 aliphatic heterocycles. The second kappa shape index (κ2) is 5.53. The minimum absolute atomic E-state index is 0.00964. The van der Waals surface area contributed by atoms with Crippen molar-refractivity contribution in [1.29, 1.82) is 0 Å². The molecule has 0 unspecified atom stereocenters. The lowest BCUT2D eigenvalue weighted by Gasteiger charge is -2.15. The van der Waals surface area contributed by atoms with Crippen LogP contribution in [0.1, 0.15) is 10.5 Å². The molecule has 1 rings (SSSR count). The van der Waals surface area contributed by atoms with Gasteiger partial charge in [0, 0.05) is 13.2 Å². The number of hydrogen-bond acceptors (Lipinski definition) is 3. The summed E-state index contributed by atoms with van der Waals surface area (Å²) in [6, 6.07) is 0. The van der Waals surface area contributed by atoms with Gasteiger partial charge in [-0.2, -0.15) is 0 Å². The summed E-state index contributed by atoms with van der Waals surface area (Å²) >= 11 is 17.2. The summed E-state index contributed by atoms with van der Waals surface area (Å²) in [7, 11) is 1.32. The first-order chi connectivity index (χ1) is 7.84. The van der Waals surface area contributed by atoms with Crippen LogP contribution < -0.4 is 0 Å². The van der Waals surface area contributed by atoms with Crippen LogP contribution in [-0.2, 0) is 4.79 Å². The summed E-state index contributed by atoms with van der Waals surface area (Å²) in [5.41, 5.74) is -0.134. The van der Waals surface area contributed by atoms with Gasteiger partial charge >= 0.3 is 5.97 Å². The van der Waals surface area contributed by atoms with Crippen molar-refractivity contribution in [2.45, 2.75) is 0 Å². The molecule has 1 heterocycles. The fourth-order valence-corrected chi connectivity index (χ4v) is 1.61. The van der Waals surface area contributed by atoms with Crippen LogP contribution in [0.5, 0.6) is 0 Å². The van der Waals surface area contributed by atoms with Gasteiger partial charge in [0.1, 0.15) is 12.2 Å². The molecule has 5 nitrogen and oxygen atoms in total. The molecule has 0 aromatic carbocycles. The molecule has 1 aromatic heterocycles. The second-order valence-corrected chi connectivity index (χ2v) is 4.30. The van der Waals surface area contributed by atoms with Crippen LogP contribution in [0.2, 0.25) is 15.1 Å². The molecule has 1 N–H and O–H groups in total. The van der Waals surface area contributed by atoms with Crippen LogP contribution in [0, 0.1) is 0 Å². The number of likely N-dealkylation sites (N-methyl/N-ethyl adjacent to an activating group) is 1. The average molecular weight is 298 g/mol. The predicted molar refractivity (Wildman–Crippen MR) is 63.9 cm³/mol. The highest BCUT2D eigenvalue weighted by Gasteiger charge is 2.21. The van der Waals surface area contributed by atoms with Crippen molar-refractivity contribution in [3.63, 3.8) is 0 Å². The molecule has 1 amide bonds. The maximum atomic E-state index is 11.8. The molecular weight excluding hydrogens is 290 g/mol. The standard InChI is InChI=1S/C9H7Cl3N2O3/c1-14(3-5(15)16)9(17)8-7(12)6(11)4(10)2-13-8/h2H,3H2,1H3,(H,15,16). The number of carboxylic acid groups (broad SMARTS) is 1. The highest BCUT2D eigenvalue weighted by Crippen LogP contribution is 2.31.